The van der Waals surface area contributed by atoms with Crippen LogP contribution in [0.25, 0.3) is 0 Å². The number of aliphatic hydroxyl groups excluding tert-OH is 1. The normalized spacial score (nSPS) is 22.1. The maximum atomic E-state index is 11.1. The first-order valence-electron chi connectivity index (χ1n) is 7.05. The minimum Gasteiger partial charge on any atom is -0.484 e. The molecule has 0 unspecified atom stereocenters. The molecule has 0 heterocycles. The molecule has 0 bridgehead atoms. The van der Waals surface area contributed by atoms with E-state index in [4.69, 9.17) is 4.74 Å². The summed E-state index contributed by atoms with van der Waals surface area (Å²) in [5, 5.41) is 15.5. The number of rotatable bonds is 5. The fraction of sp³-hybridized carbons (Fsp3) is 0.533. The van der Waals surface area contributed by atoms with E-state index in [1.807, 2.05) is 24.3 Å². The Balaban J connectivity index is 1.87. The predicted molar refractivity (Wildman–Crippen MR) is 77.9 cm³/mol. The number of nitrogens with one attached hydrogen (secondary N) is 2. The molecule has 0 aliphatic heterocycles. The zero-order valence-electron chi connectivity index (χ0n) is 11.8. The number of ether oxygens (including phenoxy) is 1. The number of anilines is 1. The third-order valence-corrected chi connectivity index (χ3v) is 3.55. The highest BCUT2D eigenvalue weighted by Gasteiger charge is 2.19. The molecule has 5 heteroatoms. The van der Waals surface area contributed by atoms with Gasteiger partial charge in [-0.1, -0.05) is 6.07 Å². The number of carbonyl (C=O) groups excluding carboxylic acids is 1. The molecular formula is C15H22N2O3. The fourth-order valence-electron chi connectivity index (χ4n) is 2.35. The van der Waals surface area contributed by atoms with Crippen molar-refractivity contribution in [2.45, 2.75) is 37.8 Å². The highest BCUT2D eigenvalue weighted by molar-refractivity contribution is 5.77. The summed E-state index contributed by atoms with van der Waals surface area (Å²) >= 11 is 0. The van der Waals surface area contributed by atoms with Crippen LogP contribution in [0.3, 0.4) is 0 Å². The highest BCUT2D eigenvalue weighted by Crippen LogP contribution is 2.24. The van der Waals surface area contributed by atoms with Crippen molar-refractivity contribution in [3.8, 4) is 5.75 Å². The summed E-state index contributed by atoms with van der Waals surface area (Å²) in [7, 11) is 1.58. The first kappa shape index (κ1) is 14.7. The monoisotopic (exact) mass is 278 g/mol. The molecule has 5 nitrogen and oxygen atoms in total. The topological polar surface area (TPSA) is 70.6 Å². The maximum Gasteiger partial charge on any atom is 0.257 e. The van der Waals surface area contributed by atoms with Crippen molar-refractivity contribution < 1.29 is 14.6 Å². The number of aliphatic hydroxyl groups is 1. The zero-order valence-corrected chi connectivity index (χ0v) is 11.8. The molecule has 1 saturated carbocycles. The molecule has 1 fully saturated rings. The standard InChI is InChI=1S/C15H22N2O3/c1-16-15(19)10-20-14-4-2-3-12(9-14)17-11-5-7-13(18)8-6-11/h2-4,9,11,13,17-18H,5-8,10H2,1H3,(H,16,19). The molecule has 1 aliphatic carbocycles. The van der Waals surface area contributed by atoms with Gasteiger partial charge in [-0.2, -0.15) is 0 Å². The Morgan fingerprint density at radius 2 is 2.10 bits per heavy atom. The van der Waals surface area contributed by atoms with E-state index in [2.05, 4.69) is 10.6 Å². The summed E-state index contributed by atoms with van der Waals surface area (Å²) in [5.74, 6) is 0.527. The molecule has 20 heavy (non-hydrogen) atoms. The molecule has 0 aromatic heterocycles. The van der Waals surface area contributed by atoms with Crippen LogP contribution in [0.15, 0.2) is 24.3 Å². The van der Waals surface area contributed by atoms with Crippen LogP contribution in [0.4, 0.5) is 5.69 Å². The van der Waals surface area contributed by atoms with Gasteiger partial charge in [0.1, 0.15) is 5.75 Å². The van der Waals surface area contributed by atoms with Crippen LogP contribution < -0.4 is 15.4 Å². The van der Waals surface area contributed by atoms with Crippen molar-refractivity contribution in [2.24, 2.45) is 0 Å². The van der Waals surface area contributed by atoms with Crippen LogP contribution in [0.5, 0.6) is 5.75 Å². The van der Waals surface area contributed by atoms with Crippen molar-refractivity contribution >= 4 is 11.6 Å². The van der Waals surface area contributed by atoms with E-state index in [0.717, 1.165) is 31.4 Å². The number of likely N-dealkylation sites (N-methyl/N-ethyl adjacent to an activating group) is 1. The number of benzene rings is 1. The molecule has 110 valence electrons. The van der Waals surface area contributed by atoms with Crippen LogP contribution in [0.1, 0.15) is 25.7 Å². The molecule has 1 aromatic rings. The lowest BCUT2D eigenvalue weighted by molar-refractivity contribution is -0.122. The number of amides is 1. The van der Waals surface area contributed by atoms with E-state index in [0.29, 0.717) is 11.8 Å². The lowest BCUT2D eigenvalue weighted by atomic mass is 9.93. The van der Waals surface area contributed by atoms with Gasteiger partial charge in [0.05, 0.1) is 6.10 Å². The Bertz CT molecular complexity index is 442. The van der Waals surface area contributed by atoms with Crippen LogP contribution >= 0.6 is 0 Å². The Morgan fingerprint density at radius 3 is 2.80 bits per heavy atom. The molecule has 1 aromatic carbocycles. The third kappa shape index (κ3) is 4.42. The average molecular weight is 278 g/mol. The van der Waals surface area contributed by atoms with Crippen LogP contribution in [-0.4, -0.2) is 36.8 Å². The summed E-state index contributed by atoms with van der Waals surface area (Å²) in [6.45, 7) is 0.0234. The summed E-state index contributed by atoms with van der Waals surface area (Å²) in [5.41, 5.74) is 0.987. The summed E-state index contributed by atoms with van der Waals surface area (Å²) in [4.78, 5) is 11.1. The Morgan fingerprint density at radius 1 is 1.35 bits per heavy atom. The van der Waals surface area contributed by atoms with Gasteiger partial charge in [-0.25, -0.2) is 0 Å². The first-order valence-corrected chi connectivity index (χ1v) is 7.05. The lowest BCUT2D eigenvalue weighted by Gasteiger charge is -2.27. The summed E-state index contributed by atoms with van der Waals surface area (Å²) in [6, 6.07) is 8.01. The lowest BCUT2D eigenvalue weighted by Crippen LogP contribution is -2.28. The van der Waals surface area contributed by atoms with E-state index in [-0.39, 0.29) is 18.6 Å². The van der Waals surface area contributed by atoms with Crippen molar-refractivity contribution in [3.05, 3.63) is 24.3 Å². The van der Waals surface area contributed by atoms with Crippen molar-refractivity contribution in [1.29, 1.82) is 0 Å². The van der Waals surface area contributed by atoms with Crippen LogP contribution in [0, 0.1) is 0 Å². The molecular weight excluding hydrogens is 256 g/mol. The maximum absolute atomic E-state index is 11.1. The SMILES string of the molecule is CNC(=O)COc1cccc(NC2CCC(O)CC2)c1. The first-order chi connectivity index (χ1) is 9.67. The molecule has 0 atom stereocenters. The van der Waals surface area contributed by atoms with Crippen LogP contribution in [0.2, 0.25) is 0 Å². The van der Waals surface area contributed by atoms with E-state index >= 15 is 0 Å². The van der Waals surface area contributed by atoms with E-state index in [1.54, 1.807) is 7.05 Å². The van der Waals surface area contributed by atoms with Crippen LogP contribution in [-0.2, 0) is 4.79 Å². The second kappa shape index (κ2) is 7.14. The van der Waals surface area contributed by atoms with E-state index < -0.39 is 0 Å². The number of carbonyl (C=O) groups is 1. The van der Waals surface area contributed by atoms with Gasteiger partial charge >= 0.3 is 0 Å². The second-order valence-corrected chi connectivity index (χ2v) is 5.14. The smallest absolute Gasteiger partial charge is 0.257 e. The van der Waals surface area contributed by atoms with Gasteiger partial charge in [0, 0.05) is 24.8 Å². The van der Waals surface area contributed by atoms with Gasteiger partial charge in [0.2, 0.25) is 0 Å². The van der Waals surface area contributed by atoms with Crippen molar-refractivity contribution in [3.63, 3.8) is 0 Å². The Hall–Kier alpha value is -1.75. The Kier molecular flexibility index (Phi) is 5.24. The molecule has 1 aliphatic rings. The fourth-order valence-corrected chi connectivity index (χ4v) is 2.35. The minimum absolute atomic E-state index is 0.0234. The second-order valence-electron chi connectivity index (χ2n) is 5.14. The van der Waals surface area contributed by atoms with Crippen molar-refractivity contribution in [2.75, 3.05) is 19.0 Å². The van der Waals surface area contributed by atoms with Gasteiger partial charge in [-0.15, -0.1) is 0 Å². The zero-order chi connectivity index (χ0) is 14.4. The third-order valence-electron chi connectivity index (χ3n) is 3.55. The average Bonchev–Trinajstić information content (AvgIpc) is 2.47. The minimum atomic E-state index is -0.148. The van der Waals surface area contributed by atoms with Crippen molar-refractivity contribution in [1.82, 2.24) is 5.32 Å². The molecule has 3 N–H and O–H groups in total. The van der Waals surface area contributed by atoms with Gasteiger partial charge in [0.25, 0.3) is 5.91 Å². The summed E-state index contributed by atoms with van der Waals surface area (Å²) in [6.07, 6.45) is 3.51. The molecule has 2 rings (SSSR count). The summed E-state index contributed by atoms with van der Waals surface area (Å²) < 4.78 is 5.41. The molecule has 0 radical (unpaired) electrons. The predicted octanol–water partition coefficient (Wildman–Crippen LogP) is 1.53. The van der Waals surface area contributed by atoms with Gasteiger partial charge in [-0.05, 0) is 37.8 Å². The number of hydrogen-bond donors (Lipinski definition) is 3. The van der Waals surface area contributed by atoms with Gasteiger partial charge in [-0.3, -0.25) is 4.79 Å². The molecule has 1 amide bonds. The van der Waals surface area contributed by atoms with Gasteiger partial charge in [0.15, 0.2) is 6.61 Å². The molecule has 0 saturated heterocycles. The Labute approximate surface area is 119 Å². The number of hydrogen-bond acceptors (Lipinski definition) is 4. The highest BCUT2D eigenvalue weighted by atomic mass is 16.5. The van der Waals surface area contributed by atoms with E-state index in [1.165, 1.54) is 0 Å². The quantitative estimate of drug-likeness (QED) is 0.764. The van der Waals surface area contributed by atoms with E-state index in [9.17, 15) is 9.90 Å². The largest absolute Gasteiger partial charge is 0.484 e. The van der Waals surface area contributed by atoms with Gasteiger partial charge < -0.3 is 20.5 Å². The molecule has 0 spiro atoms.